The van der Waals surface area contributed by atoms with Crippen LogP contribution < -0.4 is 0 Å². The highest BCUT2D eigenvalue weighted by atomic mass is 35.5. The number of hydrogen-bond acceptors (Lipinski definition) is 1. The summed E-state index contributed by atoms with van der Waals surface area (Å²) in [6.45, 7) is 0. The van der Waals surface area contributed by atoms with Crippen LogP contribution in [0.15, 0.2) is 84.9 Å². The Balaban J connectivity index is 1.99. The van der Waals surface area contributed by atoms with E-state index in [0.717, 1.165) is 27.2 Å². The Morgan fingerprint density at radius 2 is 1.35 bits per heavy atom. The average Bonchev–Trinajstić information content (AvgIpc) is 2.62. The summed E-state index contributed by atoms with van der Waals surface area (Å²) in [5.41, 5.74) is 5.41. The molecule has 0 spiro atoms. The van der Waals surface area contributed by atoms with Crippen molar-refractivity contribution < 1.29 is 0 Å². The zero-order valence-electron chi connectivity index (χ0n) is 12.4. The van der Waals surface area contributed by atoms with E-state index in [0.29, 0.717) is 0 Å². The molecule has 0 atom stereocenters. The molecule has 1 nitrogen and oxygen atoms in total. The fraction of sp³-hybridized carbons (Fsp3) is 0. The van der Waals surface area contributed by atoms with E-state index in [4.69, 9.17) is 16.6 Å². The molecule has 0 saturated carbocycles. The molecule has 0 fully saturated rings. The number of para-hydroxylation sites is 1. The van der Waals surface area contributed by atoms with E-state index in [2.05, 4.69) is 48.5 Å². The van der Waals surface area contributed by atoms with Gasteiger partial charge in [-0.2, -0.15) is 0 Å². The van der Waals surface area contributed by atoms with Gasteiger partial charge in [-0.25, -0.2) is 4.98 Å². The molecular weight excluding hydrogens is 302 g/mol. The van der Waals surface area contributed by atoms with Crippen LogP contribution in [0.1, 0.15) is 0 Å². The second kappa shape index (κ2) is 5.86. The molecule has 0 bridgehead atoms. The highest BCUT2D eigenvalue weighted by Gasteiger charge is 2.09. The van der Waals surface area contributed by atoms with Crippen molar-refractivity contribution in [3.8, 4) is 22.4 Å². The van der Waals surface area contributed by atoms with Crippen molar-refractivity contribution in [2.75, 3.05) is 0 Å². The van der Waals surface area contributed by atoms with E-state index < -0.39 is 0 Å². The SMILES string of the molecule is Clc1ccc(-c2cc(-c3ccccc3)c3ccccc3n2)cc1. The second-order valence-electron chi connectivity index (χ2n) is 5.45. The van der Waals surface area contributed by atoms with Gasteiger partial charge in [0.2, 0.25) is 0 Å². The zero-order valence-corrected chi connectivity index (χ0v) is 13.2. The highest BCUT2D eigenvalue weighted by molar-refractivity contribution is 6.30. The maximum absolute atomic E-state index is 6.00. The van der Waals surface area contributed by atoms with Gasteiger partial charge in [0.05, 0.1) is 11.2 Å². The van der Waals surface area contributed by atoms with Crippen molar-refractivity contribution >= 4 is 22.5 Å². The number of nitrogens with zero attached hydrogens (tertiary/aromatic N) is 1. The molecule has 0 N–H and O–H groups in total. The summed E-state index contributed by atoms with van der Waals surface area (Å²) in [6, 6.07) is 28.6. The standard InChI is InChI=1S/C21H14ClN/c22-17-12-10-16(11-13-17)21-14-19(15-6-2-1-3-7-15)18-8-4-5-9-20(18)23-21/h1-14H. The summed E-state index contributed by atoms with van der Waals surface area (Å²) >= 11 is 6.00. The van der Waals surface area contributed by atoms with Crippen molar-refractivity contribution in [2.24, 2.45) is 0 Å². The van der Waals surface area contributed by atoms with Gasteiger partial charge in [-0.15, -0.1) is 0 Å². The monoisotopic (exact) mass is 315 g/mol. The Morgan fingerprint density at radius 3 is 2.13 bits per heavy atom. The Hall–Kier alpha value is -2.64. The molecule has 0 amide bonds. The van der Waals surface area contributed by atoms with Crippen LogP contribution in [0.4, 0.5) is 0 Å². The first-order valence-corrected chi connectivity index (χ1v) is 7.90. The molecule has 2 heteroatoms. The third-order valence-corrected chi connectivity index (χ3v) is 4.19. The van der Waals surface area contributed by atoms with E-state index in [1.807, 2.05) is 36.4 Å². The summed E-state index contributed by atoms with van der Waals surface area (Å²) in [5, 5.41) is 1.90. The number of aromatic nitrogens is 1. The van der Waals surface area contributed by atoms with Gasteiger partial charge in [0.15, 0.2) is 0 Å². The first kappa shape index (κ1) is 14.0. The topological polar surface area (TPSA) is 12.9 Å². The lowest BCUT2D eigenvalue weighted by Gasteiger charge is -2.10. The van der Waals surface area contributed by atoms with Gasteiger partial charge in [-0.1, -0.05) is 72.3 Å². The van der Waals surface area contributed by atoms with Crippen LogP contribution in [0.2, 0.25) is 5.02 Å². The molecule has 3 aromatic carbocycles. The van der Waals surface area contributed by atoms with Crippen molar-refractivity contribution in [3.63, 3.8) is 0 Å². The molecule has 0 radical (unpaired) electrons. The molecule has 4 rings (SSSR count). The molecule has 1 aromatic heterocycles. The molecule has 0 aliphatic carbocycles. The molecule has 4 aromatic rings. The van der Waals surface area contributed by atoms with E-state index >= 15 is 0 Å². The Labute approximate surface area is 140 Å². The quantitative estimate of drug-likeness (QED) is 0.428. The van der Waals surface area contributed by atoms with Crippen LogP contribution in [0.3, 0.4) is 0 Å². The first-order chi connectivity index (χ1) is 11.3. The molecule has 23 heavy (non-hydrogen) atoms. The van der Waals surface area contributed by atoms with Crippen molar-refractivity contribution in [1.29, 1.82) is 0 Å². The normalized spacial score (nSPS) is 10.8. The lowest BCUT2D eigenvalue weighted by molar-refractivity contribution is 1.40. The van der Waals surface area contributed by atoms with Gasteiger partial charge in [0.1, 0.15) is 0 Å². The third-order valence-electron chi connectivity index (χ3n) is 3.94. The van der Waals surface area contributed by atoms with Crippen molar-refractivity contribution in [1.82, 2.24) is 4.98 Å². The highest BCUT2D eigenvalue weighted by Crippen LogP contribution is 2.32. The number of benzene rings is 3. The molecular formula is C21H14ClN. The van der Waals surface area contributed by atoms with Gasteiger partial charge in [0.25, 0.3) is 0 Å². The van der Waals surface area contributed by atoms with Gasteiger partial charge in [-0.05, 0) is 35.4 Å². The minimum atomic E-state index is 0.734. The Morgan fingerprint density at radius 1 is 0.652 bits per heavy atom. The average molecular weight is 316 g/mol. The summed E-state index contributed by atoms with van der Waals surface area (Å²) in [7, 11) is 0. The van der Waals surface area contributed by atoms with Crippen molar-refractivity contribution in [2.45, 2.75) is 0 Å². The minimum absolute atomic E-state index is 0.734. The third kappa shape index (κ3) is 2.71. The number of fused-ring (bicyclic) bond motifs is 1. The number of hydrogen-bond donors (Lipinski definition) is 0. The van der Waals surface area contributed by atoms with Crippen LogP contribution in [-0.2, 0) is 0 Å². The van der Waals surface area contributed by atoms with E-state index in [1.54, 1.807) is 0 Å². The summed E-state index contributed by atoms with van der Waals surface area (Å²) in [6.07, 6.45) is 0. The van der Waals surface area contributed by atoms with E-state index in [-0.39, 0.29) is 0 Å². The smallest absolute Gasteiger partial charge is 0.0715 e. The fourth-order valence-electron chi connectivity index (χ4n) is 2.80. The van der Waals surface area contributed by atoms with Crippen molar-refractivity contribution in [3.05, 3.63) is 90.0 Å². The summed E-state index contributed by atoms with van der Waals surface area (Å²) < 4.78 is 0. The van der Waals surface area contributed by atoms with Crippen LogP contribution in [0, 0.1) is 0 Å². The van der Waals surface area contributed by atoms with Gasteiger partial charge < -0.3 is 0 Å². The van der Waals surface area contributed by atoms with Gasteiger partial charge in [0, 0.05) is 16.0 Å². The number of pyridine rings is 1. The maximum atomic E-state index is 6.00. The Bertz CT molecular complexity index is 960. The van der Waals surface area contributed by atoms with Crippen LogP contribution in [-0.4, -0.2) is 4.98 Å². The fourth-order valence-corrected chi connectivity index (χ4v) is 2.93. The maximum Gasteiger partial charge on any atom is 0.0715 e. The zero-order chi connectivity index (χ0) is 15.6. The summed E-state index contributed by atoms with van der Waals surface area (Å²) in [5.74, 6) is 0. The molecule has 0 aliphatic heterocycles. The second-order valence-corrected chi connectivity index (χ2v) is 5.88. The first-order valence-electron chi connectivity index (χ1n) is 7.52. The molecule has 110 valence electrons. The molecule has 0 aliphatic rings. The van der Waals surface area contributed by atoms with Crippen LogP contribution >= 0.6 is 11.6 Å². The lowest BCUT2D eigenvalue weighted by atomic mass is 9.98. The molecule has 0 unspecified atom stereocenters. The Kier molecular flexibility index (Phi) is 3.57. The number of halogens is 1. The molecule has 0 saturated heterocycles. The predicted octanol–water partition coefficient (Wildman–Crippen LogP) is 6.22. The van der Waals surface area contributed by atoms with Gasteiger partial charge >= 0.3 is 0 Å². The number of rotatable bonds is 2. The largest absolute Gasteiger partial charge is 0.248 e. The lowest BCUT2D eigenvalue weighted by Crippen LogP contribution is -1.89. The predicted molar refractivity (Wildman–Crippen MR) is 97.6 cm³/mol. The van der Waals surface area contributed by atoms with E-state index in [1.165, 1.54) is 11.1 Å². The van der Waals surface area contributed by atoms with Crippen LogP contribution in [0.5, 0.6) is 0 Å². The van der Waals surface area contributed by atoms with Gasteiger partial charge in [-0.3, -0.25) is 0 Å². The summed E-state index contributed by atoms with van der Waals surface area (Å²) in [4.78, 5) is 4.82. The minimum Gasteiger partial charge on any atom is -0.248 e. The molecule has 1 heterocycles. The van der Waals surface area contributed by atoms with E-state index in [9.17, 15) is 0 Å². The van der Waals surface area contributed by atoms with Crippen LogP contribution in [0.25, 0.3) is 33.3 Å².